The highest BCUT2D eigenvalue weighted by Gasteiger charge is 2.13. The molecule has 0 fully saturated rings. The van der Waals surface area contributed by atoms with Gasteiger partial charge in [0.2, 0.25) is 0 Å². The Kier molecular flexibility index (Phi) is 3.35. The summed E-state index contributed by atoms with van der Waals surface area (Å²) in [6, 6.07) is 15.0. The van der Waals surface area contributed by atoms with Crippen molar-refractivity contribution in [3.63, 3.8) is 0 Å². The number of anilines is 1. The van der Waals surface area contributed by atoms with Gasteiger partial charge < -0.3 is 0 Å². The number of hydrogen-bond acceptors (Lipinski definition) is 2. The predicted octanol–water partition coefficient (Wildman–Crippen LogP) is 2.47. The van der Waals surface area contributed by atoms with Crippen molar-refractivity contribution in [2.45, 2.75) is 4.90 Å². The van der Waals surface area contributed by atoms with Crippen LogP contribution in [0.15, 0.2) is 59.5 Å². The SMILES string of the molecule is C#Cc1cccc(S(=O)(=O)Nc2ccccc2)c1. The molecule has 2 rings (SSSR count). The van der Waals surface area contributed by atoms with Crippen molar-refractivity contribution in [1.82, 2.24) is 0 Å². The first-order valence-corrected chi connectivity index (χ1v) is 6.75. The second kappa shape index (κ2) is 4.94. The lowest BCUT2D eigenvalue weighted by atomic mass is 10.2. The molecule has 0 spiro atoms. The Bertz CT molecular complexity index is 685. The minimum absolute atomic E-state index is 0.154. The standard InChI is InChI=1S/C14H11NO2S/c1-2-12-7-6-10-14(11-12)18(16,17)15-13-8-4-3-5-9-13/h1,3-11,15H. The summed E-state index contributed by atoms with van der Waals surface area (Å²) < 4.78 is 26.7. The summed E-state index contributed by atoms with van der Waals surface area (Å²) in [4.78, 5) is 0.154. The molecule has 0 radical (unpaired) electrons. The average molecular weight is 257 g/mol. The van der Waals surface area contributed by atoms with Crippen LogP contribution in [0.1, 0.15) is 5.56 Å². The third-order valence-electron chi connectivity index (χ3n) is 2.34. The van der Waals surface area contributed by atoms with E-state index < -0.39 is 10.0 Å². The van der Waals surface area contributed by atoms with Crippen molar-refractivity contribution >= 4 is 15.7 Å². The van der Waals surface area contributed by atoms with E-state index in [9.17, 15) is 8.42 Å². The van der Waals surface area contributed by atoms with Crippen LogP contribution in [0.4, 0.5) is 5.69 Å². The highest BCUT2D eigenvalue weighted by atomic mass is 32.2. The van der Waals surface area contributed by atoms with Crippen LogP contribution in [0, 0.1) is 12.3 Å². The number of para-hydroxylation sites is 1. The molecule has 0 aliphatic carbocycles. The number of nitrogens with one attached hydrogen (secondary N) is 1. The Labute approximate surface area is 107 Å². The van der Waals surface area contributed by atoms with E-state index in [4.69, 9.17) is 6.42 Å². The van der Waals surface area contributed by atoms with Crippen LogP contribution in [-0.4, -0.2) is 8.42 Å². The monoisotopic (exact) mass is 257 g/mol. The van der Waals surface area contributed by atoms with Crippen LogP contribution in [0.2, 0.25) is 0 Å². The van der Waals surface area contributed by atoms with Crippen molar-refractivity contribution in [2.75, 3.05) is 4.72 Å². The van der Waals surface area contributed by atoms with Gasteiger partial charge in [-0.15, -0.1) is 6.42 Å². The maximum atomic E-state index is 12.1. The van der Waals surface area contributed by atoms with E-state index in [0.29, 0.717) is 11.3 Å². The fraction of sp³-hybridized carbons (Fsp3) is 0. The highest BCUT2D eigenvalue weighted by Crippen LogP contribution is 2.16. The molecule has 2 aromatic rings. The van der Waals surface area contributed by atoms with Gasteiger partial charge in [0.05, 0.1) is 4.90 Å². The molecule has 3 nitrogen and oxygen atoms in total. The molecule has 0 aliphatic rings. The van der Waals surface area contributed by atoms with Crippen LogP contribution in [0.5, 0.6) is 0 Å². The summed E-state index contributed by atoms with van der Waals surface area (Å²) >= 11 is 0. The van der Waals surface area contributed by atoms with Crippen molar-refractivity contribution < 1.29 is 8.42 Å². The zero-order chi connectivity index (χ0) is 13.0. The lowest BCUT2D eigenvalue weighted by molar-refractivity contribution is 0.601. The van der Waals surface area contributed by atoms with E-state index in [1.54, 1.807) is 36.4 Å². The third kappa shape index (κ3) is 2.70. The van der Waals surface area contributed by atoms with E-state index in [-0.39, 0.29) is 4.90 Å². The highest BCUT2D eigenvalue weighted by molar-refractivity contribution is 7.92. The van der Waals surface area contributed by atoms with Gasteiger partial charge in [-0.1, -0.05) is 30.2 Å². The van der Waals surface area contributed by atoms with Gasteiger partial charge in [-0.2, -0.15) is 0 Å². The predicted molar refractivity (Wildman–Crippen MR) is 71.6 cm³/mol. The first-order chi connectivity index (χ1) is 8.62. The summed E-state index contributed by atoms with van der Waals surface area (Å²) in [6.45, 7) is 0. The van der Waals surface area contributed by atoms with E-state index in [1.165, 1.54) is 12.1 Å². The first kappa shape index (κ1) is 12.2. The summed E-state index contributed by atoms with van der Waals surface area (Å²) in [5.41, 5.74) is 1.05. The summed E-state index contributed by atoms with van der Waals surface area (Å²) in [5, 5.41) is 0. The van der Waals surface area contributed by atoms with Gasteiger partial charge in [0, 0.05) is 11.3 Å². The first-order valence-electron chi connectivity index (χ1n) is 5.26. The molecule has 0 amide bonds. The van der Waals surface area contributed by atoms with E-state index >= 15 is 0 Å². The largest absolute Gasteiger partial charge is 0.280 e. The van der Waals surface area contributed by atoms with Crippen molar-refractivity contribution in [3.05, 3.63) is 60.2 Å². The summed E-state index contributed by atoms with van der Waals surface area (Å²) in [5.74, 6) is 2.41. The second-order valence-corrected chi connectivity index (χ2v) is 5.33. The lowest BCUT2D eigenvalue weighted by Gasteiger charge is -2.08. The van der Waals surface area contributed by atoms with Gasteiger partial charge in [-0.05, 0) is 30.3 Å². The molecule has 18 heavy (non-hydrogen) atoms. The summed E-state index contributed by atoms with van der Waals surface area (Å²) in [7, 11) is -3.59. The average Bonchev–Trinajstić information content (AvgIpc) is 2.39. The van der Waals surface area contributed by atoms with Gasteiger partial charge in [0.1, 0.15) is 0 Å². The van der Waals surface area contributed by atoms with Crippen molar-refractivity contribution in [1.29, 1.82) is 0 Å². The molecular weight excluding hydrogens is 246 g/mol. The van der Waals surface area contributed by atoms with Crippen LogP contribution < -0.4 is 4.72 Å². The molecular formula is C14H11NO2S. The molecule has 2 aromatic carbocycles. The molecule has 0 bridgehead atoms. The van der Waals surface area contributed by atoms with Gasteiger partial charge in [0.15, 0.2) is 0 Å². The molecule has 0 aromatic heterocycles. The molecule has 1 N–H and O–H groups in total. The number of terminal acetylenes is 1. The van der Waals surface area contributed by atoms with Gasteiger partial charge in [-0.25, -0.2) is 8.42 Å². The normalized spacial score (nSPS) is 10.6. The minimum Gasteiger partial charge on any atom is -0.280 e. The zero-order valence-electron chi connectivity index (χ0n) is 9.50. The Morgan fingerprint density at radius 1 is 1.00 bits per heavy atom. The molecule has 0 heterocycles. The van der Waals surface area contributed by atoms with Crippen LogP contribution in [0.25, 0.3) is 0 Å². The van der Waals surface area contributed by atoms with Gasteiger partial charge >= 0.3 is 0 Å². The third-order valence-corrected chi connectivity index (χ3v) is 3.72. The fourth-order valence-electron chi connectivity index (χ4n) is 1.47. The minimum atomic E-state index is -3.59. The molecule has 4 heteroatoms. The van der Waals surface area contributed by atoms with Gasteiger partial charge in [0.25, 0.3) is 10.0 Å². The number of benzene rings is 2. The van der Waals surface area contributed by atoms with E-state index in [1.807, 2.05) is 6.07 Å². The number of rotatable bonds is 3. The summed E-state index contributed by atoms with van der Waals surface area (Å²) in [6.07, 6.45) is 5.25. The van der Waals surface area contributed by atoms with Gasteiger partial charge in [-0.3, -0.25) is 4.72 Å². The zero-order valence-corrected chi connectivity index (χ0v) is 10.3. The number of hydrogen-bond donors (Lipinski definition) is 1. The topological polar surface area (TPSA) is 46.2 Å². The second-order valence-electron chi connectivity index (χ2n) is 3.64. The Hall–Kier alpha value is -2.25. The van der Waals surface area contributed by atoms with Crippen molar-refractivity contribution in [3.8, 4) is 12.3 Å². The number of sulfonamides is 1. The van der Waals surface area contributed by atoms with E-state index in [0.717, 1.165) is 0 Å². The molecule has 0 unspecified atom stereocenters. The molecule has 0 saturated heterocycles. The van der Waals surface area contributed by atoms with Crippen LogP contribution >= 0.6 is 0 Å². The molecule has 0 aliphatic heterocycles. The molecule has 0 atom stereocenters. The van der Waals surface area contributed by atoms with Crippen LogP contribution in [0.3, 0.4) is 0 Å². The maximum absolute atomic E-state index is 12.1. The molecule has 90 valence electrons. The Morgan fingerprint density at radius 3 is 2.39 bits per heavy atom. The lowest BCUT2D eigenvalue weighted by Crippen LogP contribution is -2.12. The fourth-order valence-corrected chi connectivity index (χ4v) is 2.58. The Morgan fingerprint density at radius 2 is 1.72 bits per heavy atom. The molecule has 0 saturated carbocycles. The quantitative estimate of drug-likeness (QED) is 0.859. The Balaban J connectivity index is 2.34. The maximum Gasteiger partial charge on any atom is 0.261 e. The van der Waals surface area contributed by atoms with Crippen molar-refractivity contribution in [2.24, 2.45) is 0 Å². The van der Waals surface area contributed by atoms with Crippen LogP contribution in [-0.2, 0) is 10.0 Å². The van der Waals surface area contributed by atoms with E-state index in [2.05, 4.69) is 10.6 Å². The smallest absolute Gasteiger partial charge is 0.261 e.